The van der Waals surface area contributed by atoms with Crippen molar-refractivity contribution in [1.29, 1.82) is 0 Å². The van der Waals surface area contributed by atoms with Crippen LogP contribution in [0.5, 0.6) is 11.5 Å². The van der Waals surface area contributed by atoms with E-state index in [-0.39, 0.29) is 5.91 Å². The van der Waals surface area contributed by atoms with Gasteiger partial charge in [-0.2, -0.15) is 10.2 Å². The molecular weight excluding hydrogens is 344 g/mol. The number of ether oxygens (including phenoxy) is 2. The standard InChI is InChI=1S/C20H20N4O3/c1-24-11-10-17(23-24)20(25)22-21-13-16-8-9-18(19(12-16)26-2)27-14-15-6-4-3-5-7-15/h3-13H,14H2,1-2H3,(H,22,25). The topological polar surface area (TPSA) is 77.7 Å². The van der Waals surface area contributed by atoms with Crippen molar-refractivity contribution in [2.75, 3.05) is 7.11 Å². The molecule has 3 rings (SSSR count). The molecule has 7 nitrogen and oxygen atoms in total. The van der Waals surface area contributed by atoms with E-state index in [2.05, 4.69) is 15.6 Å². The van der Waals surface area contributed by atoms with Crippen LogP contribution in [0.2, 0.25) is 0 Å². The summed E-state index contributed by atoms with van der Waals surface area (Å²) in [7, 11) is 3.32. The van der Waals surface area contributed by atoms with Crippen LogP contribution >= 0.6 is 0 Å². The molecule has 0 aliphatic heterocycles. The molecule has 0 aliphatic rings. The number of aromatic nitrogens is 2. The lowest BCUT2D eigenvalue weighted by atomic mass is 10.2. The number of aryl methyl sites for hydroxylation is 1. The zero-order chi connectivity index (χ0) is 19.1. The number of rotatable bonds is 7. The van der Waals surface area contributed by atoms with Crippen LogP contribution in [-0.4, -0.2) is 29.0 Å². The highest BCUT2D eigenvalue weighted by Crippen LogP contribution is 2.28. The van der Waals surface area contributed by atoms with E-state index in [0.29, 0.717) is 23.8 Å². The van der Waals surface area contributed by atoms with Gasteiger partial charge in [-0.1, -0.05) is 30.3 Å². The molecule has 0 fully saturated rings. The lowest BCUT2D eigenvalue weighted by molar-refractivity contribution is 0.0949. The molecule has 0 atom stereocenters. The third kappa shape index (κ3) is 4.94. The predicted octanol–water partition coefficient (Wildman–Crippen LogP) is 2.77. The smallest absolute Gasteiger partial charge is 0.291 e. The van der Waals surface area contributed by atoms with Gasteiger partial charge in [0.2, 0.25) is 0 Å². The maximum Gasteiger partial charge on any atom is 0.291 e. The molecule has 1 amide bonds. The first-order valence-electron chi connectivity index (χ1n) is 8.33. The first-order chi connectivity index (χ1) is 13.2. The Morgan fingerprint density at radius 2 is 2.00 bits per heavy atom. The number of hydrogen-bond acceptors (Lipinski definition) is 5. The fourth-order valence-corrected chi connectivity index (χ4v) is 2.38. The molecule has 1 aromatic heterocycles. The van der Waals surface area contributed by atoms with Gasteiger partial charge in [0.25, 0.3) is 5.91 Å². The second kappa shape index (κ2) is 8.66. The van der Waals surface area contributed by atoms with Crippen LogP contribution in [0.25, 0.3) is 0 Å². The molecular formula is C20H20N4O3. The Morgan fingerprint density at radius 1 is 1.19 bits per heavy atom. The first kappa shape index (κ1) is 18.2. The van der Waals surface area contributed by atoms with Gasteiger partial charge < -0.3 is 9.47 Å². The zero-order valence-corrected chi connectivity index (χ0v) is 15.1. The molecule has 3 aromatic rings. The Hall–Kier alpha value is -3.61. The molecule has 0 radical (unpaired) electrons. The highest BCUT2D eigenvalue weighted by molar-refractivity contribution is 5.93. The van der Waals surface area contributed by atoms with E-state index in [9.17, 15) is 4.79 Å². The van der Waals surface area contributed by atoms with Crippen LogP contribution in [0.15, 0.2) is 65.9 Å². The van der Waals surface area contributed by atoms with Crippen LogP contribution in [0.1, 0.15) is 21.6 Å². The Balaban J connectivity index is 1.62. The predicted molar refractivity (Wildman–Crippen MR) is 102 cm³/mol. The molecule has 7 heteroatoms. The number of nitrogens with one attached hydrogen (secondary N) is 1. The first-order valence-corrected chi connectivity index (χ1v) is 8.33. The van der Waals surface area contributed by atoms with E-state index < -0.39 is 0 Å². The van der Waals surface area contributed by atoms with Crippen molar-refractivity contribution in [1.82, 2.24) is 15.2 Å². The van der Waals surface area contributed by atoms with Crippen LogP contribution in [0, 0.1) is 0 Å². The summed E-state index contributed by atoms with van der Waals surface area (Å²) in [5.74, 6) is 0.851. The van der Waals surface area contributed by atoms with E-state index in [0.717, 1.165) is 11.1 Å². The van der Waals surface area contributed by atoms with Crippen molar-refractivity contribution >= 4 is 12.1 Å². The van der Waals surface area contributed by atoms with E-state index in [1.807, 2.05) is 42.5 Å². The second-order valence-corrected chi connectivity index (χ2v) is 5.76. The number of hydrogen-bond donors (Lipinski definition) is 1. The Bertz CT molecular complexity index is 935. The van der Waals surface area contributed by atoms with Gasteiger partial charge in [0.1, 0.15) is 6.61 Å². The van der Waals surface area contributed by atoms with Gasteiger partial charge in [0, 0.05) is 13.2 Å². The largest absolute Gasteiger partial charge is 0.493 e. The molecule has 1 N–H and O–H groups in total. The summed E-state index contributed by atoms with van der Waals surface area (Å²) >= 11 is 0. The number of amides is 1. The molecule has 0 bridgehead atoms. The number of benzene rings is 2. The molecule has 0 saturated carbocycles. The van der Waals surface area contributed by atoms with Gasteiger partial charge in [-0.05, 0) is 35.4 Å². The van der Waals surface area contributed by atoms with E-state index in [1.54, 1.807) is 37.2 Å². The number of carbonyl (C=O) groups is 1. The maximum atomic E-state index is 11.9. The van der Waals surface area contributed by atoms with E-state index in [1.165, 1.54) is 6.21 Å². The van der Waals surface area contributed by atoms with Gasteiger partial charge in [-0.3, -0.25) is 9.48 Å². The molecule has 1 heterocycles. The van der Waals surface area contributed by atoms with Crippen LogP contribution < -0.4 is 14.9 Å². The zero-order valence-electron chi connectivity index (χ0n) is 15.1. The number of carbonyl (C=O) groups excluding carboxylic acids is 1. The Kier molecular flexibility index (Phi) is 5.84. The summed E-state index contributed by atoms with van der Waals surface area (Å²) in [6, 6.07) is 16.9. The highest BCUT2D eigenvalue weighted by atomic mass is 16.5. The van der Waals surface area contributed by atoms with Gasteiger partial charge in [0.05, 0.1) is 13.3 Å². The fraction of sp³-hybridized carbons (Fsp3) is 0.150. The number of methoxy groups -OCH3 is 1. The molecule has 138 valence electrons. The lowest BCUT2D eigenvalue weighted by Gasteiger charge is -2.11. The third-order valence-corrected chi connectivity index (χ3v) is 3.75. The van der Waals surface area contributed by atoms with Gasteiger partial charge >= 0.3 is 0 Å². The van der Waals surface area contributed by atoms with E-state index >= 15 is 0 Å². The van der Waals surface area contributed by atoms with Crippen molar-refractivity contribution in [3.05, 3.63) is 77.6 Å². The Morgan fingerprint density at radius 3 is 2.70 bits per heavy atom. The quantitative estimate of drug-likeness (QED) is 0.517. The van der Waals surface area contributed by atoms with Crippen LogP contribution in [0.4, 0.5) is 0 Å². The minimum absolute atomic E-state index is 0.303. The normalized spacial score (nSPS) is 10.7. The van der Waals surface area contributed by atoms with Crippen molar-refractivity contribution < 1.29 is 14.3 Å². The van der Waals surface area contributed by atoms with Crippen LogP contribution in [-0.2, 0) is 13.7 Å². The molecule has 0 unspecified atom stereocenters. The number of hydrazone groups is 1. The van der Waals surface area contributed by atoms with E-state index in [4.69, 9.17) is 9.47 Å². The SMILES string of the molecule is COc1cc(C=NNC(=O)c2ccn(C)n2)ccc1OCc1ccccc1. The van der Waals surface area contributed by atoms with Crippen molar-refractivity contribution in [3.63, 3.8) is 0 Å². The average molecular weight is 364 g/mol. The summed E-state index contributed by atoms with van der Waals surface area (Å²) in [6.45, 7) is 0.449. The van der Waals surface area contributed by atoms with Crippen LogP contribution in [0.3, 0.4) is 0 Å². The fourth-order valence-electron chi connectivity index (χ4n) is 2.38. The lowest BCUT2D eigenvalue weighted by Crippen LogP contribution is -2.18. The number of nitrogens with zero attached hydrogens (tertiary/aromatic N) is 3. The van der Waals surface area contributed by atoms with Gasteiger partial charge in [-0.15, -0.1) is 0 Å². The Labute approximate surface area is 157 Å². The van der Waals surface area contributed by atoms with Crippen molar-refractivity contribution in [3.8, 4) is 11.5 Å². The third-order valence-electron chi connectivity index (χ3n) is 3.75. The summed E-state index contributed by atoms with van der Waals surface area (Å²) in [5, 5.41) is 7.97. The second-order valence-electron chi connectivity index (χ2n) is 5.76. The molecule has 27 heavy (non-hydrogen) atoms. The highest BCUT2D eigenvalue weighted by Gasteiger charge is 2.08. The molecule has 0 saturated heterocycles. The van der Waals surface area contributed by atoms with Gasteiger partial charge in [-0.25, -0.2) is 5.43 Å². The summed E-state index contributed by atoms with van der Waals surface area (Å²) in [5.41, 5.74) is 4.58. The minimum Gasteiger partial charge on any atom is -0.493 e. The average Bonchev–Trinajstić information content (AvgIpc) is 3.14. The summed E-state index contributed by atoms with van der Waals surface area (Å²) < 4.78 is 12.8. The molecule has 2 aromatic carbocycles. The minimum atomic E-state index is -0.373. The van der Waals surface area contributed by atoms with Crippen molar-refractivity contribution in [2.45, 2.75) is 6.61 Å². The summed E-state index contributed by atoms with van der Waals surface area (Å²) in [6.07, 6.45) is 3.22. The van der Waals surface area contributed by atoms with Crippen molar-refractivity contribution in [2.24, 2.45) is 12.1 Å². The molecule has 0 spiro atoms. The summed E-state index contributed by atoms with van der Waals surface area (Å²) in [4.78, 5) is 11.9. The monoisotopic (exact) mass is 364 g/mol. The maximum absolute atomic E-state index is 11.9. The molecule has 0 aliphatic carbocycles. The van der Waals surface area contributed by atoms with Gasteiger partial charge in [0.15, 0.2) is 17.2 Å².